The van der Waals surface area contributed by atoms with E-state index in [1.54, 1.807) is 0 Å². The van der Waals surface area contributed by atoms with Crippen LogP contribution in [-0.4, -0.2) is 11.7 Å². The molecule has 0 bridgehead atoms. The van der Waals surface area contributed by atoms with Gasteiger partial charge in [-0.25, -0.2) is 4.39 Å². The van der Waals surface area contributed by atoms with Crippen LogP contribution < -0.4 is 10.5 Å². The van der Waals surface area contributed by atoms with E-state index in [2.05, 4.69) is 0 Å². The quantitative estimate of drug-likeness (QED) is 0.638. The number of fused-ring (bicyclic) bond motifs is 1. The van der Waals surface area contributed by atoms with Crippen LogP contribution in [0.15, 0.2) is 6.07 Å². The zero-order valence-corrected chi connectivity index (χ0v) is 6.55. The van der Waals surface area contributed by atoms with Gasteiger partial charge < -0.3 is 15.6 Å². The fraction of sp³-hybridized carbons (Fsp3) is 0.250. The normalized spacial score (nSPS) is 19.8. The van der Waals surface area contributed by atoms with E-state index >= 15 is 0 Å². The highest BCUT2D eigenvalue weighted by Crippen LogP contribution is 2.41. The first kappa shape index (κ1) is 8.25. The van der Waals surface area contributed by atoms with Gasteiger partial charge in [0.15, 0.2) is 17.3 Å². The van der Waals surface area contributed by atoms with Crippen LogP contribution in [0.25, 0.3) is 0 Å². The molecule has 0 saturated carbocycles. The molecule has 0 aromatic heterocycles. The maximum Gasteiger partial charge on any atom is 0.204 e. The molecule has 1 aliphatic rings. The van der Waals surface area contributed by atoms with Crippen molar-refractivity contribution in [2.45, 2.75) is 6.04 Å². The average Bonchev–Trinajstić information content (AvgIpc) is 2.45. The summed E-state index contributed by atoms with van der Waals surface area (Å²) in [5, 5.41) is 9.12. The second kappa shape index (κ2) is 2.56. The fourth-order valence-electron chi connectivity index (χ4n) is 1.30. The van der Waals surface area contributed by atoms with Crippen LogP contribution in [0.3, 0.4) is 0 Å². The minimum atomic E-state index is -1.30. The molecule has 1 heterocycles. The van der Waals surface area contributed by atoms with Gasteiger partial charge in [0, 0.05) is 5.56 Å². The third-order valence-electron chi connectivity index (χ3n) is 1.98. The van der Waals surface area contributed by atoms with Gasteiger partial charge in [0.25, 0.3) is 0 Å². The van der Waals surface area contributed by atoms with E-state index in [1.165, 1.54) is 0 Å². The Kier molecular flexibility index (Phi) is 1.63. The number of aromatic hydroxyl groups is 1. The summed E-state index contributed by atoms with van der Waals surface area (Å²) < 4.78 is 30.4. The minimum Gasteiger partial charge on any atom is -0.502 e. The van der Waals surface area contributed by atoms with Gasteiger partial charge in [-0.1, -0.05) is 0 Å². The number of phenols is 1. The first-order valence-corrected chi connectivity index (χ1v) is 3.70. The van der Waals surface area contributed by atoms with Gasteiger partial charge in [-0.3, -0.25) is 0 Å². The predicted octanol–water partition coefficient (Wildman–Crippen LogP) is 1.06. The molecule has 1 atom stereocenters. The monoisotopic (exact) mass is 187 g/mol. The summed E-state index contributed by atoms with van der Waals surface area (Å²) in [7, 11) is 0. The molecule has 3 nitrogen and oxygen atoms in total. The third kappa shape index (κ3) is 1.04. The van der Waals surface area contributed by atoms with Crippen molar-refractivity contribution in [2.24, 2.45) is 5.73 Å². The third-order valence-corrected chi connectivity index (χ3v) is 1.98. The van der Waals surface area contributed by atoms with E-state index in [0.29, 0.717) is 5.56 Å². The van der Waals surface area contributed by atoms with E-state index in [9.17, 15) is 8.78 Å². The van der Waals surface area contributed by atoms with E-state index in [1.807, 2.05) is 0 Å². The predicted molar refractivity (Wildman–Crippen MR) is 40.4 cm³/mol. The van der Waals surface area contributed by atoms with Crippen molar-refractivity contribution >= 4 is 0 Å². The second-order valence-electron chi connectivity index (χ2n) is 2.86. The van der Waals surface area contributed by atoms with E-state index in [0.717, 1.165) is 6.07 Å². The van der Waals surface area contributed by atoms with E-state index in [-0.39, 0.29) is 12.4 Å². The highest BCUT2D eigenvalue weighted by atomic mass is 19.2. The molecular weight excluding hydrogens is 180 g/mol. The molecule has 0 radical (unpaired) electrons. The van der Waals surface area contributed by atoms with Crippen LogP contribution in [0, 0.1) is 11.6 Å². The lowest BCUT2D eigenvalue weighted by Gasteiger charge is -2.04. The highest BCUT2D eigenvalue weighted by Gasteiger charge is 2.28. The second-order valence-corrected chi connectivity index (χ2v) is 2.86. The molecule has 3 N–H and O–H groups in total. The van der Waals surface area contributed by atoms with Crippen LogP contribution in [0.1, 0.15) is 11.6 Å². The van der Waals surface area contributed by atoms with Gasteiger partial charge in [0.2, 0.25) is 5.82 Å². The summed E-state index contributed by atoms with van der Waals surface area (Å²) in [4.78, 5) is 0. The number of rotatable bonds is 0. The molecule has 1 aromatic carbocycles. The SMILES string of the molecule is NC1COc2c1cc(F)c(F)c2O. The number of halogens is 2. The molecule has 0 saturated heterocycles. The Morgan fingerprint density at radius 2 is 2.23 bits per heavy atom. The zero-order valence-electron chi connectivity index (χ0n) is 6.55. The Morgan fingerprint density at radius 1 is 1.54 bits per heavy atom. The Morgan fingerprint density at radius 3 is 2.92 bits per heavy atom. The Hall–Kier alpha value is -1.36. The van der Waals surface area contributed by atoms with Crippen molar-refractivity contribution < 1.29 is 18.6 Å². The Labute approximate surface area is 72.7 Å². The van der Waals surface area contributed by atoms with Crippen molar-refractivity contribution in [3.05, 3.63) is 23.3 Å². The van der Waals surface area contributed by atoms with Crippen molar-refractivity contribution in [3.8, 4) is 11.5 Å². The number of benzene rings is 1. The van der Waals surface area contributed by atoms with E-state index < -0.39 is 23.4 Å². The molecule has 0 amide bonds. The molecule has 0 fully saturated rings. The first-order valence-electron chi connectivity index (χ1n) is 3.70. The Bertz CT molecular complexity index is 368. The molecule has 0 aliphatic carbocycles. The molecule has 70 valence electrons. The smallest absolute Gasteiger partial charge is 0.204 e. The highest BCUT2D eigenvalue weighted by molar-refractivity contribution is 5.50. The summed E-state index contributed by atoms with van der Waals surface area (Å²) in [6.07, 6.45) is 0. The zero-order chi connectivity index (χ0) is 9.59. The summed E-state index contributed by atoms with van der Waals surface area (Å²) in [6.45, 7) is 0.131. The summed E-state index contributed by atoms with van der Waals surface area (Å²) >= 11 is 0. The minimum absolute atomic E-state index is 0.0496. The molecule has 13 heavy (non-hydrogen) atoms. The summed E-state index contributed by atoms with van der Waals surface area (Å²) in [5.74, 6) is -3.26. The number of ether oxygens (including phenoxy) is 1. The average molecular weight is 187 g/mol. The van der Waals surface area contributed by atoms with Gasteiger partial charge in [-0.05, 0) is 6.07 Å². The van der Waals surface area contributed by atoms with Crippen molar-refractivity contribution in [2.75, 3.05) is 6.61 Å². The van der Waals surface area contributed by atoms with Gasteiger partial charge in [-0.2, -0.15) is 4.39 Å². The molecule has 1 aliphatic heterocycles. The van der Waals surface area contributed by atoms with Crippen molar-refractivity contribution in [3.63, 3.8) is 0 Å². The molecule has 0 spiro atoms. The molecule has 2 rings (SSSR count). The van der Waals surface area contributed by atoms with Crippen LogP contribution in [0.2, 0.25) is 0 Å². The van der Waals surface area contributed by atoms with Gasteiger partial charge in [-0.15, -0.1) is 0 Å². The molecular formula is C8H7F2NO2. The summed E-state index contributed by atoms with van der Waals surface area (Å²) in [6, 6.07) is 0.443. The lowest BCUT2D eigenvalue weighted by Crippen LogP contribution is -2.10. The van der Waals surface area contributed by atoms with Gasteiger partial charge >= 0.3 is 0 Å². The standard InChI is InChI=1S/C8H7F2NO2/c9-4-1-3-5(11)2-13-8(3)7(12)6(4)10/h1,5,12H,2,11H2. The topological polar surface area (TPSA) is 55.5 Å². The number of nitrogens with two attached hydrogens (primary N) is 1. The molecule has 1 unspecified atom stereocenters. The van der Waals surface area contributed by atoms with Crippen molar-refractivity contribution in [1.82, 2.24) is 0 Å². The fourth-order valence-corrected chi connectivity index (χ4v) is 1.30. The van der Waals surface area contributed by atoms with Crippen LogP contribution in [0.5, 0.6) is 11.5 Å². The maximum atomic E-state index is 12.8. The van der Waals surface area contributed by atoms with Crippen LogP contribution in [-0.2, 0) is 0 Å². The van der Waals surface area contributed by atoms with Crippen LogP contribution in [0.4, 0.5) is 8.78 Å². The molecule has 5 heteroatoms. The molecule has 1 aromatic rings. The summed E-state index contributed by atoms with van der Waals surface area (Å²) in [5.41, 5.74) is 5.81. The van der Waals surface area contributed by atoms with Gasteiger partial charge in [0.05, 0.1) is 6.04 Å². The van der Waals surface area contributed by atoms with Crippen LogP contribution >= 0.6 is 0 Å². The van der Waals surface area contributed by atoms with Gasteiger partial charge in [0.1, 0.15) is 6.61 Å². The number of phenolic OH excluding ortho intramolecular Hbond substituents is 1. The number of hydrogen-bond donors (Lipinski definition) is 2. The van der Waals surface area contributed by atoms with Crippen molar-refractivity contribution in [1.29, 1.82) is 0 Å². The first-order chi connectivity index (χ1) is 6.11. The lowest BCUT2D eigenvalue weighted by molar-refractivity contribution is 0.308. The maximum absolute atomic E-state index is 12.8. The Balaban J connectivity index is 2.67. The van der Waals surface area contributed by atoms with E-state index in [4.69, 9.17) is 15.6 Å². The largest absolute Gasteiger partial charge is 0.502 e. The lowest BCUT2D eigenvalue weighted by atomic mass is 10.1. The number of hydrogen-bond acceptors (Lipinski definition) is 3.